The number of rotatable bonds is 8. The summed E-state index contributed by atoms with van der Waals surface area (Å²) in [5, 5.41) is 6.81. The second-order valence-corrected chi connectivity index (χ2v) is 6.78. The van der Waals surface area contributed by atoms with Gasteiger partial charge in [-0.3, -0.25) is 9.59 Å². The van der Waals surface area contributed by atoms with Gasteiger partial charge in [-0.05, 0) is 49.2 Å². The van der Waals surface area contributed by atoms with E-state index in [1.165, 1.54) is 0 Å². The van der Waals surface area contributed by atoms with E-state index in [9.17, 15) is 9.59 Å². The number of benzene rings is 2. The Morgan fingerprint density at radius 3 is 2.48 bits per heavy atom. The van der Waals surface area contributed by atoms with E-state index in [2.05, 4.69) is 31.8 Å². The minimum Gasteiger partial charge on any atom is -0.484 e. The first kappa shape index (κ1) is 20.6. The predicted octanol–water partition coefficient (Wildman–Crippen LogP) is 3.91. The SMILES string of the molecule is CCc1ccccc1NC(=O)CC(C)=NNC(=O)COc1ccc(Br)cc1. The molecule has 0 saturated heterocycles. The van der Waals surface area contributed by atoms with Gasteiger partial charge in [0.2, 0.25) is 5.91 Å². The van der Waals surface area contributed by atoms with Crippen molar-refractivity contribution in [3.63, 3.8) is 0 Å². The molecule has 0 radical (unpaired) electrons. The summed E-state index contributed by atoms with van der Waals surface area (Å²) < 4.78 is 6.29. The molecule has 0 aliphatic heterocycles. The Hall–Kier alpha value is -2.67. The van der Waals surface area contributed by atoms with E-state index in [4.69, 9.17) is 4.74 Å². The van der Waals surface area contributed by atoms with Crippen molar-refractivity contribution in [3.8, 4) is 5.75 Å². The first-order chi connectivity index (χ1) is 13.0. The van der Waals surface area contributed by atoms with Crippen molar-refractivity contribution in [1.82, 2.24) is 5.43 Å². The van der Waals surface area contributed by atoms with Gasteiger partial charge in [0, 0.05) is 15.9 Å². The van der Waals surface area contributed by atoms with E-state index in [0.29, 0.717) is 11.5 Å². The Morgan fingerprint density at radius 1 is 1.07 bits per heavy atom. The Kier molecular flexibility index (Phi) is 8.00. The van der Waals surface area contributed by atoms with E-state index in [1.807, 2.05) is 43.3 Å². The molecule has 2 amide bonds. The van der Waals surface area contributed by atoms with E-state index in [1.54, 1.807) is 19.1 Å². The molecule has 0 saturated carbocycles. The molecule has 0 aliphatic carbocycles. The third kappa shape index (κ3) is 7.22. The summed E-state index contributed by atoms with van der Waals surface area (Å²) in [6, 6.07) is 14.8. The lowest BCUT2D eigenvalue weighted by molar-refractivity contribution is -0.123. The Bertz CT molecular complexity index is 819. The fourth-order valence-corrected chi connectivity index (χ4v) is 2.55. The van der Waals surface area contributed by atoms with Crippen LogP contribution >= 0.6 is 15.9 Å². The van der Waals surface area contributed by atoms with Gasteiger partial charge in [0.1, 0.15) is 5.75 Å². The van der Waals surface area contributed by atoms with Crippen molar-refractivity contribution >= 4 is 39.1 Å². The summed E-state index contributed by atoms with van der Waals surface area (Å²) in [5.41, 5.74) is 4.75. The number of carbonyl (C=O) groups is 2. The normalized spacial score (nSPS) is 11.0. The average molecular weight is 432 g/mol. The highest BCUT2D eigenvalue weighted by Crippen LogP contribution is 2.16. The lowest BCUT2D eigenvalue weighted by Crippen LogP contribution is -2.26. The van der Waals surface area contributed by atoms with E-state index in [-0.39, 0.29) is 18.9 Å². The van der Waals surface area contributed by atoms with E-state index in [0.717, 1.165) is 22.1 Å². The molecule has 7 heteroatoms. The van der Waals surface area contributed by atoms with Crippen molar-refractivity contribution < 1.29 is 14.3 Å². The average Bonchev–Trinajstić information content (AvgIpc) is 2.66. The molecule has 0 aromatic heterocycles. The molecule has 0 fully saturated rings. The molecule has 2 N–H and O–H groups in total. The number of amides is 2. The largest absolute Gasteiger partial charge is 0.484 e. The fraction of sp³-hybridized carbons (Fsp3) is 0.250. The van der Waals surface area contributed by atoms with Crippen molar-refractivity contribution in [2.75, 3.05) is 11.9 Å². The third-order valence-electron chi connectivity index (χ3n) is 3.64. The van der Waals surface area contributed by atoms with Crippen LogP contribution in [0, 0.1) is 0 Å². The second kappa shape index (κ2) is 10.5. The molecule has 0 spiro atoms. The highest BCUT2D eigenvalue weighted by Gasteiger charge is 2.08. The number of carbonyl (C=O) groups excluding carboxylic acids is 2. The maximum absolute atomic E-state index is 12.1. The quantitative estimate of drug-likeness (QED) is 0.490. The van der Waals surface area contributed by atoms with Crippen LogP contribution in [0.2, 0.25) is 0 Å². The summed E-state index contributed by atoms with van der Waals surface area (Å²) in [7, 11) is 0. The summed E-state index contributed by atoms with van der Waals surface area (Å²) in [4.78, 5) is 23.9. The minimum absolute atomic E-state index is 0.0892. The van der Waals surface area contributed by atoms with Gasteiger partial charge < -0.3 is 10.1 Å². The Labute approximate surface area is 167 Å². The van der Waals surface area contributed by atoms with E-state index < -0.39 is 5.91 Å². The summed E-state index contributed by atoms with van der Waals surface area (Å²) in [5.74, 6) is 0.00883. The van der Waals surface area contributed by atoms with Crippen LogP contribution in [0.5, 0.6) is 5.75 Å². The van der Waals surface area contributed by atoms with Gasteiger partial charge in [-0.15, -0.1) is 0 Å². The molecule has 0 heterocycles. The monoisotopic (exact) mass is 431 g/mol. The second-order valence-electron chi connectivity index (χ2n) is 5.86. The van der Waals surface area contributed by atoms with Crippen LogP contribution in [-0.4, -0.2) is 24.1 Å². The molecule has 142 valence electrons. The summed E-state index contributed by atoms with van der Waals surface area (Å²) in [6.07, 6.45) is 0.920. The van der Waals surface area contributed by atoms with Crippen LogP contribution in [0.4, 0.5) is 5.69 Å². The minimum atomic E-state index is -0.394. The smallest absolute Gasteiger partial charge is 0.277 e. The number of nitrogens with zero attached hydrogens (tertiary/aromatic N) is 1. The zero-order valence-electron chi connectivity index (χ0n) is 15.3. The highest BCUT2D eigenvalue weighted by molar-refractivity contribution is 9.10. The maximum atomic E-state index is 12.1. The van der Waals surface area contributed by atoms with Crippen LogP contribution in [-0.2, 0) is 16.0 Å². The number of hydrogen-bond acceptors (Lipinski definition) is 4. The van der Waals surface area contributed by atoms with Gasteiger partial charge in [0.05, 0.1) is 6.42 Å². The predicted molar refractivity (Wildman–Crippen MR) is 110 cm³/mol. The number of aryl methyl sites for hydroxylation is 1. The van der Waals surface area contributed by atoms with Gasteiger partial charge in [-0.1, -0.05) is 41.1 Å². The Balaban J connectivity index is 1.78. The lowest BCUT2D eigenvalue weighted by atomic mass is 10.1. The molecule has 6 nitrogen and oxygen atoms in total. The first-order valence-electron chi connectivity index (χ1n) is 8.56. The van der Waals surface area contributed by atoms with Gasteiger partial charge in [-0.2, -0.15) is 5.10 Å². The van der Waals surface area contributed by atoms with Crippen molar-refractivity contribution in [3.05, 3.63) is 58.6 Å². The molecular weight excluding hydrogens is 410 g/mol. The van der Waals surface area contributed by atoms with Crippen molar-refractivity contribution in [1.29, 1.82) is 0 Å². The molecular formula is C20H22BrN3O3. The number of hydrogen-bond donors (Lipinski definition) is 2. The van der Waals surface area contributed by atoms with Gasteiger partial charge in [0.25, 0.3) is 5.91 Å². The molecule has 0 aliphatic rings. The summed E-state index contributed by atoms with van der Waals surface area (Å²) >= 11 is 3.33. The molecule has 27 heavy (non-hydrogen) atoms. The number of ether oxygens (including phenoxy) is 1. The number of anilines is 1. The summed E-state index contributed by atoms with van der Waals surface area (Å²) in [6.45, 7) is 3.55. The third-order valence-corrected chi connectivity index (χ3v) is 4.17. The molecule has 2 rings (SSSR count). The maximum Gasteiger partial charge on any atom is 0.277 e. The van der Waals surface area contributed by atoms with Crippen LogP contribution < -0.4 is 15.5 Å². The molecule has 0 unspecified atom stereocenters. The number of para-hydroxylation sites is 1. The zero-order chi connectivity index (χ0) is 19.6. The highest BCUT2D eigenvalue weighted by atomic mass is 79.9. The molecule has 0 bridgehead atoms. The van der Waals surface area contributed by atoms with Crippen LogP contribution in [0.1, 0.15) is 25.8 Å². The van der Waals surface area contributed by atoms with Crippen molar-refractivity contribution in [2.45, 2.75) is 26.7 Å². The zero-order valence-corrected chi connectivity index (χ0v) is 16.9. The lowest BCUT2D eigenvalue weighted by Gasteiger charge is -2.09. The van der Waals surface area contributed by atoms with Gasteiger partial charge in [-0.25, -0.2) is 5.43 Å². The van der Waals surface area contributed by atoms with Gasteiger partial charge in [0.15, 0.2) is 6.61 Å². The van der Waals surface area contributed by atoms with E-state index >= 15 is 0 Å². The van der Waals surface area contributed by atoms with Crippen LogP contribution in [0.25, 0.3) is 0 Å². The topological polar surface area (TPSA) is 79.8 Å². The molecule has 2 aromatic rings. The molecule has 2 aromatic carbocycles. The molecule has 0 atom stereocenters. The number of nitrogens with one attached hydrogen (secondary N) is 2. The standard InChI is InChI=1S/C20H22BrN3O3/c1-3-15-6-4-5-7-18(15)22-19(25)12-14(2)23-24-20(26)13-27-17-10-8-16(21)9-11-17/h4-11H,3,12-13H2,1-2H3,(H,22,25)(H,24,26). The van der Waals surface area contributed by atoms with Gasteiger partial charge >= 0.3 is 0 Å². The van der Waals surface area contributed by atoms with Crippen LogP contribution in [0.3, 0.4) is 0 Å². The van der Waals surface area contributed by atoms with Crippen LogP contribution in [0.15, 0.2) is 58.1 Å². The fourth-order valence-electron chi connectivity index (χ4n) is 2.29. The van der Waals surface area contributed by atoms with Crippen molar-refractivity contribution in [2.24, 2.45) is 5.10 Å². The number of halogens is 1. The Morgan fingerprint density at radius 2 is 1.78 bits per heavy atom. The first-order valence-corrected chi connectivity index (χ1v) is 9.35. The number of hydrazone groups is 1.